The largest absolute Gasteiger partial charge is 0.374 e. The second kappa shape index (κ2) is 4.23. The van der Waals surface area contributed by atoms with Gasteiger partial charge in [-0.25, -0.2) is 0 Å². The number of hydrogen-bond acceptors (Lipinski definition) is 2. The summed E-state index contributed by atoms with van der Waals surface area (Å²) in [5.41, 5.74) is 2.01. The maximum Gasteiger partial charge on any atom is 0.246 e. The molecule has 1 aromatic rings. The average Bonchev–Trinajstić information content (AvgIpc) is 2.23. The van der Waals surface area contributed by atoms with Crippen LogP contribution in [-0.4, -0.2) is 19.0 Å². The lowest BCUT2D eigenvalue weighted by atomic mass is 10.2. The van der Waals surface area contributed by atoms with Crippen molar-refractivity contribution in [3.8, 4) is 0 Å². The molecule has 1 aliphatic heterocycles. The Bertz CT molecular complexity index is 392. The van der Waals surface area contributed by atoms with Gasteiger partial charge in [-0.3, -0.25) is 4.79 Å². The van der Waals surface area contributed by atoms with E-state index in [1.165, 1.54) is 0 Å². The van der Waals surface area contributed by atoms with Crippen LogP contribution in [0.1, 0.15) is 13.3 Å². The van der Waals surface area contributed by atoms with Crippen LogP contribution >= 0.6 is 15.9 Å². The van der Waals surface area contributed by atoms with Gasteiger partial charge >= 0.3 is 0 Å². The predicted molar refractivity (Wildman–Crippen MR) is 65.3 cm³/mol. The smallest absolute Gasteiger partial charge is 0.246 e. The van der Waals surface area contributed by atoms with Crippen molar-refractivity contribution in [2.45, 2.75) is 13.3 Å². The molecule has 1 aliphatic rings. The number of hydrogen-bond donors (Lipinski definition) is 1. The maximum absolute atomic E-state index is 11.7. The lowest BCUT2D eigenvalue weighted by Crippen LogP contribution is -2.40. The van der Waals surface area contributed by atoms with Gasteiger partial charge in [0.05, 0.1) is 17.9 Å². The van der Waals surface area contributed by atoms with Gasteiger partial charge in [0.25, 0.3) is 0 Å². The van der Waals surface area contributed by atoms with Gasteiger partial charge in [0, 0.05) is 11.0 Å². The Morgan fingerprint density at radius 1 is 1.53 bits per heavy atom. The molecule has 3 nitrogen and oxygen atoms in total. The number of nitrogens with zero attached hydrogens (tertiary/aromatic N) is 1. The van der Waals surface area contributed by atoms with Crippen molar-refractivity contribution in [3.05, 3.63) is 22.7 Å². The first-order valence-corrected chi connectivity index (χ1v) is 5.85. The fraction of sp³-hybridized carbons (Fsp3) is 0.364. The summed E-state index contributed by atoms with van der Waals surface area (Å²) in [6, 6.07) is 5.95. The van der Waals surface area contributed by atoms with Crippen LogP contribution in [0.3, 0.4) is 0 Å². The predicted octanol–water partition coefficient (Wildman–Crippen LogP) is 2.62. The van der Waals surface area contributed by atoms with Crippen molar-refractivity contribution in [3.63, 3.8) is 0 Å². The Hall–Kier alpha value is -1.03. The fourth-order valence-corrected chi connectivity index (χ4v) is 2.10. The number of carbonyl (C=O) groups is 1. The number of halogens is 1. The molecule has 0 spiro atoms. The van der Waals surface area contributed by atoms with Crippen LogP contribution in [0.2, 0.25) is 0 Å². The Labute approximate surface area is 97.6 Å². The van der Waals surface area contributed by atoms with Gasteiger partial charge in [-0.2, -0.15) is 0 Å². The number of amides is 1. The van der Waals surface area contributed by atoms with Crippen molar-refractivity contribution < 1.29 is 4.79 Å². The van der Waals surface area contributed by atoms with Crippen LogP contribution in [0, 0.1) is 0 Å². The van der Waals surface area contributed by atoms with E-state index in [0.29, 0.717) is 6.54 Å². The molecular weight excluding hydrogens is 256 g/mol. The summed E-state index contributed by atoms with van der Waals surface area (Å²) < 4.78 is 0.999. The van der Waals surface area contributed by atoms with Crippen molar-refractivity contribution >= 4 is 33.2 Å². The first-order valence-electron chi connectivity index (χ1n) is 5.06. The molecule has 4 heteroatoms. The third-order valence-electron chi connectivity index (χ3n) is 2.43. The summed E-state index contributed by atoms with van der Waals surface area (Å²) >= 11 is 3.42. The fourth-order valence-electron chi connectivity index (χ4n) is 1.75. The van der Waals surface area contributed by atoms with Crippen LogP contribution in [0.5, 0.6) is 0 Å². The molecule has 0 radical (unpaired) electrons. The third-order valence-corrected chi connectivity index (χ3v) is 2.92. The van der Waals surface area contributed by atoms with E-state index in [-0.39, 0.29) is 5.91 Å². The van der Waals surface area contributed by atoms with Crippen LogP contribution in [0.25, 0.3) is 0 Å². The molecule has 0 aliphatic carbocycles. The highest BCUT2D eigenvalue weighted by atomic mass is 79.9. The minimum Gasteiger partial charge on any atom is -0.374 e. The molecule has 0 unspecified atom stereocenters. The van der Waals surface area contributed by atoms with E-state index >= 15 is 0 Å². The van der Waals surface area contributed by atoms with Gasteiger partial charge in [0.2, 0.25) is 5.91 Å². The second-order valence-electron chi connectivity index (χ2n) is 3.56. The lowest BCUT2D eigenvalue weighted by molar-refractivity contribution is -0.117. The zero-order valence-corrected chi connectivity index (χ0v) is 10.2. The van der Waals surface area contributed by atoms with Crippen molar-refractivity contribution in [2.75, 3.05) is 23.3 Å². The molecule has 0 aromatic heterocycles. The van der Waals surface area contributed by atoms with Crippen molar-refractivity contribution in [2.24, 2.45) is 0 Å². The second-order valence-corrected chi connectivity index (χ2v) is 4.48. The summed E-state index contributed by atoms with van der Waals surface area (Å²) in [5, 5.41) is 3.12. The number of benzene rings is 1. The summed E-state index contributed by atoms with van der Waals surface area (Å²) in [6.07, 6.45) is 0.970. The van der Waals surface area contributed by atoms with Crippen molar-refractivity contribution in [1.29, 1.82) is 0 Å². The number of rotatable bonds is 2. The molecule has 1 amide bonds. The van der Waals surface area contributed by atoms with Gasteiger partial charge < -0.3 is 10.2 Å². The Balaban J connectivity index is 2.41. The van der Waals surface area contributed by atoms with E-state index in [2.05, 4.69) is 28.2 Å². The van der Waals surface area contributed by atoms with E-state index in [9.17, 15) is 4.79 Å². The minimum atomic E-state index is 0.141. The summed E-state index contributed by atoms with van der Waals surface area (Å²) in [5.74, 6) is 0.141. The molecule has 0 fully saturated rings. The molecule has 0 saturated carbocycles. The molecule has 1 aromatic carbocycles. The molecule has 0 saturated heterocycles. The van der Waals surface area contributed by atoms with E-state index in [1.807, 2.05) is 23.1 Å². The van der Waals surface area contributed by atoms with E-state index in [4.69, 9.17) is 0 Å². The van der Waals surface area contributed by atoms with E-state index < -0.39 is 0 Å². The highest BCUT2D eigenvalue weighted by Crippen LogP contribution is 2.32. The third kappa shape index (κ3) is 2.00. The van der Waals surface area contributed by atoms with Crippen LogP contribution in [0.15, 0.2) is 22.7 Å². The van der Waals surface area contributed by atoms with Gasteiger partial charge in [-0.05, 0) is 24.6 Å². The van der Waals surface area contributed by atoms with Gasteiger partial charge in [-0.15, -0.1) is 0 Å². The zero-order valence-electron chi connectivity index (χ0n) is 8.59. The highest BCUT2D eigenvalue weighted by Gasteiger charge is 2.22. The molecular formula is C11H13BrN2O. The molecule has 2 rings (SSSR count). The van der Waals surface area contributed by atoms with E-state index in [0.717, 1.165) is 28.8 Å². The Morgan fingerprint density at radius 3 is 3.07 bits per heavy atom. The van der Waals surface area contributed by atoms with Gasteiger partial charge in [0.15, 0.2) is 0 Å². The topological polar surface area (TPSA) is 32.3 Å². The average molecular weight is 269 g/mol. The molecule has 1 N–H and O–H groups in total. The van der Waals surface area contributed by atoms with Crippen LogP contribution < -0.4 is 10.2 Å². The molecule has 0 atom stereocenters. The summed E-state index contributed by atoms with van der Waals surface area (Å²) in [7, 11) is 0. The summed E-state index contributed by atoms with van der Waals surface area (Å²) in [6.45, 7) is 3.26. The monoisotopic (exact) mass is 268 g/mol. The van der Waals surface area contributed by atoms with Gasteiger partial charge in [0.1, 0.15) is 0 Å². The first-order chi connectivity index (χ1) is 7.22. The zero-order chi connectivity index (χ0) is 10.8. The lowest BCUT2D eigenvalue weighted by Gasteiger charge is -2.30. The number of fused-ring (bicyclic) bond motifs is 1. The normalized spacial score (nSPS) is 14.8. The summed E-state index contributed by atoms with van der Waals surface area (Å²) in [4.78, 5) is 13.6. The highest BCUT2D eigenvalue weighted by molar-refractivity contribution is 9.10. The maximum atomic E-state index is 11.7. The van der Waals surface area contributed by atoms with Crippen LogP contribution in [-0.2, 0) is 4.79 Å². The minimum absolute atomic E-state index is 0.141. The molecule has 15 heavy (non-hydrogen) atoms. The van der Waals surface area contributed by atoms with E-state index in [1.54, 1.807) is 0 Å². The molecule has 0 bridgehead atoms. The first kappa shape index (κ1) is 10.5. The molecule has 1 heterocycles. The van der Waals surface area contributed by atoms with Crippen molar-refractivity contribution in [1.82, 2.24) is 0 Å². The number of anilines is 2. The number of nitrogens with one attached hydrogen (secondary N) is 1. The molecule has 80 valence electrons. The quantitative estimate of drug-likeness (QED) is 0.895. The number of carbonyl (C=O) groups excluding carboxylic acids is 1. The van der Waals surface area contributed by atoms with Gasteiger partial charge in [-0.1, -0.05) is 22.9 Å². The Morgan fingerprint density at radius 2 is 2.33 bits per heavy atom. The SMILES string of the molecule is CCCN1C(=O)CNc2ccc(Br)cc21. The van der Waals surface area contributed by atoms with Crippen LogP contribution in [0.4, 0.5) is 11.4 Å². The Kier molecular flexibility index (Phi) is 2.95. The standard InChI is InChI=1S/C11H13BrN2O/c1-2-5-14-10-6-8(12)3-4-9(10)13-7-11(14)15/h3-4,6,13H,2,5,7H2,1H3.